The van der Waals surface area contributed by atoms with Crippen molar-refractivity contribution in [3.63, 3.8) is 0 Å². The van der Waals surface area contributed by atoms with Crippen molar-refractivity contribution in [3.8, 4) is 0 Å². The van der Waals surface area contributed by atoms with Gasteiger partial charge < -0.3 is 9.64 Å². The maximum absolute atomic E-state index is 12.8. The molecule has 1 heterocycles. The van der Waals surface area contributed by atoms with Gasteiger partial charge in [-0.15, -0.1) is 0 Å². The SMILES string of the molecule is O=C1OCCN1Cc1ccc(F)cc1Br. The monoisotopic (exact) mass is 273 g/mol. The van der Waals surface area contributed by atoms with E-state index in [1.165, 1.54) is 12.1 Å². The number of halogens is 2. The third-order valence-corrected chi connectivity index (χ3v) is 2.96. The van der Waals surface area contributed by atoms with Gasteiger partial charge in [-0.2, -0.15) is 0 Å². The van der Waals surface area contributed by atoms with Crippen molar-refractivity contribution in [2.75, 3.05) is 13.2 Å². The van der Waals surface area contributed by atoms with Gasteiger partial charge in [-0.05, 0) is 17.7 Å². The van der Waals surface area contributed by atoms with Crippen molar-refractivity contribution < 1.29 is 13.9 Å². The van der Waals surface area contributed by atoms with Gasteiger partial charge in [0.1, 0.15) is 12.4 Å². The second-order valence-corrected chi connectivity index (χ2v) is 4.13. The minimum atomic E-state index is -0.314. The molecular weight excluding hydrogens is 265 g/mol. The Labute approximate surface area is 95.0 Å². The van der Waals surface area contributed by atoms with Crippen LogP contribution in [0.1, 0.15) is 5.56 Å². The largest absolute Gasteiger partial charge is 0.448 e. The fraction of sp³-hybridized carbons (Fsp3) is 0.300. The van der Waals surface area contributed by atoms with Crippen LogP contribution in [0.4, 0.5) is 9.18 Å². The predicted octanol–water partition coefficient (Wildman–Crippen LogP) is 2.54. The standard InChI is InChI=1S/C10H9BrFNO2/c11-9-5-8(12)2-1-7(9)6-13-3-4-15-10(13)14/h1-2,5H,3-4,6H2. The molecule has 0 atom stereocenters. The number of benzene rings is 1. The van der Waals surface area contributed by atoms with E-state index in [9.17, 15) is 9.18 Å². The first-order valence-corrected chi connectivity index (χ1v) is 5.32. The molecule has 1 aliphatic heterocycles. The summed E-state index contributed by atoms with van der Waals surface area (Å²) in [6.45, 7) is 1.46. The molecule has 1 aliphatic rings. The Morgan fingerprint density at radius 1 is 1.53 bits per heavy atom. The second kappa shape index (κ2) is 4.18. The summed E-state index contributed by atoms with van der Waals surface area (Å²) in [4.78, 5) is 12.8. The predicted molar refractivity (Wildman–Crippen MR) is 55.9 cm³/mol. The van der Waals surface area contributed by atoms with E-state index in [0.29, 0.717) is 24.2 Å². The Morgan fingerprint density at radius 3 is 2.93 bits per heavy atom. The number of hydrogen-bond acceptors (Lipinski definition) is 2. The van der Waals surface area contributed by atoms with Crippen LogP contribution in [0.2, 0.25) is 0 Å². The molecule has 0 aliphatic carbocycles. The van der Waals surface area contributed by atoms with Crippen molar-refractivity contribution >= 4 is 22.0 Å². The highest BCUT2D eigenvalue weighted by atomic mass is 79.9. The smallest absolute Gasteiger partial charge is 0.410 e. The second-order valence-electron chi connectivity index (χ2n) is 3.27. The molecule has 3 nitrogen and oxygen atoms in total. The lowest BCUT2D eigenvalue weighted by Gasteiger charge is -2.13. The molecule has 1 aromatic rings. The first-order valence-electron chi connectivity index (χ1n) is 4.52. The Morgan fingerprint density at radius 2 is 2.33 bits per heavy atom. The molecule has 80 valence electrons. The third-order valence-electron chi connectivity index (χ3n) is 2.22. The van der Waals surface area contributed by atoms with E-state index in [1.54, 1.807) is 11.0 Å². The molecule has 0 unspecified atom stereocenters. The normalized spacial score (nSPS) is 15.6. The van der Waals surface area contributed by atoms with E-state index in [4.69, 9.17) is 4.74 Å². The number of hydrogen-bond donors (Lipinski definition) is 0. The molecule has 0 bridgehead atoms. The first-order chi connectivity index (χ1) is 7.16. The number of carbonyl (C=O) groups is 1. The molecule has 15 heavy (non-hydrogen) atoms. The maximum Gasteiger partial charge on any atom is 0.410 e. The molecule has 0 saturated carbocycles. The number of carbonyl (C=O) groups excluding carboxylic acids is 1. The zero-order valence-electron chi connectivity index (χ0n) is 7.87. The van der Waals surface area contributed by atoms with Gasteiger partial charge in [0.25, 0.3) is 0 Å². The fourth-order valence-electron chi connectivity index (χ4n) is 1.42. The van der Waals surface area contributed by atoms with Gasteiger partial charge in [0, 0.05) is 4.47 Å². The molecule has 1 amide bonds. The lowest BCUT2D eigenvalue weighted by molar-refractivity contribution is 0.157. The van der Waals surface area contributed by atoms with Gasteiger partial charge in [0.2, 0.25) is 0 Å². The highest BCUT2D eigenvalue weighted by molar-refractivity contribution is 9.10. The molecule has 2 rings (SSSR count). The summed E-state index contributed by atoms with van der Waals surface area (Å²) >= 11 is 3.26. The number of nitrogens with zero attached hydrogens (tertiary/aromatic N) is 1. The lowest BCUT2D eigenvalue weighted by atomic mass is 10.2. The topological polar surface area (TPSA) is 29.5 Å². The van der Waals surface area contributed by atoms with Crippen LogP contribution in [0, 0.1) is 5.82 Å². The van der Waals surface area contributed by atoms with Gasteiger partial charge in [0.15, 0.2) is 0 Å². The van der Waals surface area contributed by atoms with E-state index in [1.807, 2.05) is 0 Å². The van der Waals surface area contributed by atoms with Crippen LogP contribution < -0.4 is 0 Å². The minimum absolute atomic E-state index is 0.297. The highest BCUT2D eigenvalue weighted by Gasteiger charge is 2.22. The van der Waals surface area contributed by atoms with Crippen LogP contribution in [-0.4, -0.2) is 24.1 Å². The van der Waals surface area contributed by atoms with Crippen LogP contribution in [0.3, 0.4) is 0 Å². The molecule has 1 aromatic carbocycles. The highest BCUT2D eigenvalue weighted by Crippen LogP contribution is 2.20. The quantitative estimate of drug-likeness (QED) is 0.829. The van der Waals surface area contributed by atoms with E-state index >= 15 is 0 Å². The van der Waals surface area contributed by atoms with Crippen LogP contribution in [0.25, 0.3) is 0 Å². The number of cyclic esters (lactones) is 1. The molecule has 0 spiro atoms. The van der Waals surface area contributed by atoms with E-state index in [0.717, 1.165) is 5.56 Å². The van der Waals surface area contributed by atoms with E-state index in [-0.39, 0.29) is 11.9 Å². The Kier molecular flexibility index (Phi) is 2.90. The van der Waals surface area contributed by atoms with E-state index in [2.05, 4.69) is 15.9 Å². The summed E-state index contributed by atoms with van der Waals surface area (Å²) in [6, 6.07) is 4.42. The van der Waals surface area contributed by atoms with Crippen LogP contribution in [0.5, 0.6) is 0 Å². The summed E-state index contributed by atoms with van der Waals surface area (Å²) < 4.78 is 18.3. The number of amides is 1. The molecule has 1 fully saturated rings. The Hall–Kier alpha value is -1.10. The van der Waals surface area contributed by atoms with Gasteiger partial charge in [-0.25, -0.2) is 9.18 Å². The molecule has 0 radical (unpaired) electrons. The fourth-order valence-corrected chi connectivity index (χ4v) is 1.90. The zero-order chi connectivity index (χ0) is 10.8. The van der Waals surface area contributed by atoms with Crippen LogP contribution in [-0.2, 0) is 11.3 Å². The molecule has 0 N–H and O–H groups in total. The zero-order valence-corrected chi connectivity index (χ0v) is 9.46. The van der Waals surface area contributed by atoms with Crippen molar-refractivity contribution in [2.45, 2.75) is 6.54 Å². The summed E-state index contributed by atoms with van der Waals surface area (Å²) in [6.07, 6.45) is -0.314. The van der Waals surface area contributed by atoms with Crippen molar-refractivity contribution in [3.05, 3.63) is 34.1 Å². The van der Waals surface area contributed by atoms with Crippen LogP contribution >= 0.6 is 15.9 Å². The third kappa shape index (κ3) is 2.28. The molecular formula is C10H9BrFNO2. The summed E-state index contributed by atoms with van der Waals surface area (Å²) in [5, 5.41) is 0. The maximum atomic E-state index is 12.8. The van der Waals surface area contributed by atoms with Gasteiger partial charge in [-0.1, -0.05) is 22.0 Å². The first kappa shape index (κ1) is 10.4. The lowest BCUT2D eigenvalue weighted by Crippen LogP contribution is -2.23. The van der Waals surface area contributed by atoms with Gasteiger partial charge >= 0.3 is 6.09 Å². The van der Waals surface area contributed by atoms with Crippen molar-refractivity contribution in [2.24, 2.45) is 0 Å². The molecule has 1 saturated heterocycles. The van der Waals surface area contributed by atoms with Crippen molar-refractivity contribution in [1.29, 1.82) is 0 Å². The minimum Gasteiger partial charge on any atom is -0.448 e. The molecule has 5 heteroatoms. The van der Waals surface area contributed by atoms with Gasteiger partial charge in [0.05, 0.1) is 13.1 Å². The summed E-state index contributed by atoms with van der Waals surface area (Å²) in [7, 11) is 0. The van der Waals surface area contributed by atoms with Crippen LogP contribution in [0.15, 0.2) is 22.7 Å². The van der Waals surface area contributed by atoms with E-state index < -0.39 is 0 Å². The number of ether oxygens (including phenoxy) is 1. The average molecular weight is 274 g/mol. The van der Waals surface area contributed by atoms with Gasteiger partial charge in [-0.3, -0.25) is 0 Å². The Bertz CT molecular complexity index is 397. The Balaban J connectivity index is 2.13. The summed E-state index contributed by atoms with van der Waals surface area (Å²) in [5.41, 5.74) is 0.871. The number of rotatable bonds is 2. The molecule has 0 aromatic heterocycles. The van der Waals surface area contributed by atoms with Crippen molar-refractivity contribution in [1.82, 2.24) is 4.90 Å². The summed E-state index contributed by atoms with van der Waals surface area (Å²) in [5.74, 6) is -0.297. The average Bonchev–Trinajstić information content (AvgIpc) is 2.57.